The van der Waals surface area contributed by atoms with Crippen molar-refractivity contribution in [2.24, 2.45) is 0 Å². The van der Waals surface area contributed by atoms with Crippen molar-refractivity contribution >= 4 is 0 Å². The van der Waals surface area contributed by atoms with Crippen molar-refractivity contribution in [2.75, 3.05) is 6.61 Å². The third-order valence-corrected chi connectivity index (χ3v) is 2.44. The van der Waals surface area contributed by atoms with E-state index >= 15 is 0 Å². The Kier molecular flexibility index (Phi) is 10.0. The summed E-state index contributed by atoms with van der Waals surface area (Å²) in [7, 11) is 0. The molecule has 1 saturated heterocycles. The van der Waals surface area contributed by atoms with Gasteiger partial charge in [-0.2, -0.15) is 0 Å². The van der Waals surface area contributed by atoms with E-state index in [-0.39, 0.29) is 0 Å². The normalized spacial score (nSPS) is 21.0. The Bertz CT molecular complexity index is 81.1. The van der Waals surface area contributed by atoms with Crippen molar-refractivity contribution < 1.29 is 4.74 Å². The van der Waals surface area contributed by atoms with Gasteiger partial charge in [0.25, 0.3) is 0 Å². The summed E-state index contributed by atoms with van der Waals surface area (Å²) < 4.78 is 5.30. The summed E-state index contributed by atoms with van der Waals surface area (Å²) in [5, 5.41) is 0. The topological polar surface area (TPSA) is 9.23 Å². The van der Waals surface area contributed by atoms with Crippen molar-refractivity contribution in [3.05, 3.63) is 0 Å². The molecule has 1 aliphatic heterocycles. The molecule has 13 heavy (non-hydrogen) atoms. The van der Waals surface area contributed by atoms with Crippen molar-refractivity contribution in [3.8, 4) is 0 Å². The molecule has 1 rings (SSSR count). The van der Waals surface area contributed by atoms with Crippen molar-refractivity contribution in [3.63, 3.8) is 0 Å². The monoisotopic (exact) mass is 186 g/mol. The Balaban J connectivity index is 0.000000226. The van der Waals surface area contributed by atoms with Crippen LogP contribution in [0, 0.1) is 0 Å². The fraction of sp³-hybridized carbons (Fsp3) is 1.00. The fourth-order valence-electron chi connectivity index (χ4n) is 1.47. The molecule has 1 nitrogen and oxygen atoms in total. The van der Waals surface area contributed by atoms with E-state index in [1.54, 1.807) is 0 Å². The lowest BCUT2D eigenvalue weighted by molar-refractivity contribution is 0.108. The first-order valence-electron chi connectivity index (χ1n) is 5.96. The Morgan fingerprint density at radius 1 is 1.08 bits per heavy atom. The van der Waals surface area contributed by atoms with E-state index < -0.39 is 0 Å². The third kappa shape index (κ3) is 8.29. The lowest BCUT2D eigenvalue weighted by atomic mass is 10.2. The Hall–Kier alpha value is -0.0400. The van der Waals surface area contributed by atoms with Gasteiger partial charge in [-0.15, -0.1) is 0 Å². The predicted octanol–water partition coefficient (Wildman–Crippen LogP) is 4.16. The van der Waals surface area contributed by atoms with E-state index in [9.17, 15) is 0 Å². The first kappa shape index (κ1) is 13.0. The second-order valence-corrected chi connectivity index (χ2v) is 3.75. The largest absolute Gasteiger partial charge is 0.378 e. The zero-order valence-electron chi connectivity index (χ0n) is 9.64. The molecular formula is C12H26O. The van der Waals surface area contributed by atoms with Gasteiger partial charge in [-0.1, -0.05) is 46.5 Å². The SMILES string of the molecule is CCC1CCCO1.CCCCCC. The van der Waals surface area contributed by atoms with Crippen LogP contribution in [0.3, 0.4) is 0 Å². The van der Waals surface area contributed by atoms with Gasteiger partial charge >= 0.3 is 0 Å². The van der Waals surface area contributed by atoms with Crippen LogP contribution in [0.4, 0.5) is 0 Å². The maximum absolute atomic E-state index is 5.30. The second-order valence-electron chi connectivity index (χ2n) is 3.75. The van der Waals surface area contributed by atoms with Gasteiger partial charge < -0.3 is 4.74 Å². The van der Waals surface area contributed by atoms with Gasteiger partial charge in [0, 0.05) is 6.61 Å². The molecule has 0 spiro atoms. The molecule has 0 N–H and O–H groups in total. The summed E-state index contributed by atoms with van der Waals surface area (Å²) in [6.45, 7) is 7.64. The van der Waals surface area contributed by atoms with Gasteiger partial charge in [-0.05, 0) is 19.3 Å². The van der Waals surface area contributed by atoms with Crippen LogP contribution in [0.2, 0.25) is 0 Å². The molecule has 80 valence electrons. The highest BCUT2D eigenvalue weighted by molar-refractivity contribution is 4.60. The van der Waals surface area contributed by atoms with Crippen molar-refractivity contribution in [2.45, 2.75) is 71.8 Å². The Morgan fingerprint density at radius 3 is 1.92 bits per heavy atom. The van der Waals surface area contributed by atoms with Gasteiger partial charge in [0.05, 0.1) is 6.10 Å². The molecule has 1 unspecified atom stereocenters. The molecule has 0 radical (unpaired) electrons. The molecule has 0 aromatic heterocycles. The molecule has 0 amide bonds. The summed E-state index contributed by atoms with van der Waals surface area (Å²) in [5.74, 6) is 0. The minimum atomic E-state index is 0.597. The lowest BCUT2D eigenvalue weighted by Gasteiger charge is -2.01. The number of unbranched alkanes of at least 4 members (excludes halogenated alkanes) is 3. The van der Waals surface area contributed by atoms with Gasteiger partial charge in [0.1, 0.15) is 0 Å². The predicted molar refractivity (Wildman–Crippen MR) is 59.1 cm³/mol. The first-order valence-corrected chi connectivity index (χ1v) is 5.96. The van der Waals surface area contributed by atoms with Crippen LogP contribution in [0.1, 0.15) is 65.7 Å². The third-order valence-electron chi connectivity index (χ3n) is 2.44. The maximum Gasteiger partial charge on any atom is 0.0573 e. The quantitative estimate of drug-likeness (QED) is 0.599. The Labute approximate surface area is 83.9 Å². The van der Waals surface area contributed by atoms with E-state index in [0.717, 1.165) is 6.61 Å². The molecule has 0 aromatic rings. The van der Waals surface area contributed by atoms with Gasteiger partial charge in [0.2, 0.25) is 0 Å². The van der Waals surface area contributed by atoms with Crippen molar-refractivity contribution in [1.29, 1.82) is 0 Å². The van der Waals surface area contributed by atoms with E-state index in [4.69, 9.17) is 4.74 Å². The highest BCUT2D eigenvalue weighted by Gasteiger charge is 2.11. The van der Waals surface area contributed by atoms with Crippen LogP contribution in [0.15, 0.2) is 0 Å². The molecule has 0 saturated carbocycles. The van der Waals surface area contributed by atoms with E-state index in [1.807, 2.05) is 0 Å². The zero-order chi connectivity index (χ0) is 9.94. The van der Waals surface area contributed by atoms with Gasteiger partial charge in [-0.25, -0.2) is 0 Å². The zero-order valence-corrected chi connectivity index (χ0v) is 9.64. The molecule has 1 fully saturated rings. The summed E-state index contributed by atoms with van der Waals surface area (Å²) in [6, 6.07) is 0. The van der Waals surface area contributed by atoms with Crippen LogP contribution in [-0.4, -0.2) is 12.7 Å². The molecule has 1 aliphatic rings. The summed E-state index contributed by atoms with van der Waals surface area (Å²) >= 11 is 0. The fourth-order valence-corrected chi connectivity index (χ4v) is 1.47. The number of hydrogen-bond donors (Lipinski definition) is 0. The first-order chi connectivity index (χ1) is 6.35. The Morgan fingerprint density at radius 2 is 1.69 bits per heavy atom. The summed E-state index contributed by atoms with van der Waals surface area (Å²) in [6.07, 6.45) is 9.89. The van der Waals surface area contributed by atoms with Crippen molar-refractivity contribution in [1.82, 2.24) is 0 Å². The summed E-state index contributed by atoms with van der Waals surface area (Å²) in [4.78, 5) is 0. The van der Waals surface area contributed by atoms with Crippen LogP contribution in [-0.2, 0) is 4.74 Å². The highest BCUT2D eigenvalue weighted by Crippen LogP contribution is 2.13. The van der Waals surface area contributed by atoms with E-state index in [2.05, 4.69) is 20.8 Å². The molecule has 0 aromatic carbocycles. The van der Waals surface area contributed by atoms with Crippen LogP contribution >= 0.6 is 0 Å². The van der Waals surface area contributed by atoms with E-state index in [1.165, 1.54) is 44.9 Å². The standard InChI is InChI=1S/C6H12O.C6H14/c1-2-6-4-3-5-7-6;1-3-5-6-4-2/h6H,2-5H2,1H3;3-6H2,1-2H3. The highest BCUT2D eigenvalue weighted by atomic mass is 16.5. The van der Waals surface area contributed by atoms with Crippen LogP contribution < -0.4 is 0 Å². The number of ether oxygens (including phenoxy) is 1. The number of rotatable bonds is 4. The molecular weight excluding hydrogens is 160 g/mol. The molecule has 0 aliphatic carbocycles. The molecule has 1 heterocycles. The summed E-state index contributed by atoms with van der Waals surface area (Å²) in [5.41, 5.74) is 0. The smallest absolute Gasteiger partial charge is 0.0573 e. The molecule has 0 bridgehead atoms. The minimum absolute atomic E-state index is 0.597. The van der Waals surface area contributed by atoms with Gasteiger partial charge in [0.15, 0.2) is 0 Å². The number of hydrogen-bond acceptors (Lipinski definition) is 1. The second kappa shape index (κ2) is 10.0. The molecule has 1 heteroatoms. The van der Waals surface area contributed by atoms with Gasteiger partial charge in [-0.3, -0.25) is 0 Å². The average molecular weight is 186 g/mol. The lowest BCUT2D eigenvalue weighted by Crippen LogP contribution is -2.00. The minimum Gasteiger partial charge on any atom is -0.378 e. The van der Waals surface area contributed by atoms with E-state index in [0.29, 0.717) is 6.10 Å². The van der Waals surface area contributed by atoms with Crippen LogP contribution in [0.5, 0.6) is 0 Å². The van der Waals surface area contributed by atoms with Crippen LogP contribution in [0.25, 0.3) is 0 Å². The molecule has 1 atom stereocenters. The average Bonchev–Trinajstić information content (AvgIpc) is 2.68. The maximum atomic E-state index is 5.30.